The highest BCUT2D eigenvalue weighted by molar-refractivity contribution is 9.10. The maximum Gasteiger partial charge on any atom is 0.258 e. The molecule has 0 bridgehead atoms. The quantitative estimate of drug-likeness (QED) is 0.629. The molecule has 144 valence electrons. The Hall–Kier alpha value is -2.86. The molecule has 3 aromatic carbocycles. The number of nitrogens with zero attached hydrogens (tertiary/aromatic N) is 1. The van der Waals surface area contributed by atoms with Crippen molar-refractivity contribution < 1.29 is 14.3 Å². The second-order valence-corrected chi connectivity index (χ2v) is 7.53. The van der Waals surface area contributed by atoms with Gasteiger partial charge in [0.15, 0.2) is 6.61 Å². The van der Waals surface area contributed by atoms with Crippen molar-refractivity contribution in [3.63, 3.8) is 0 Å². The predicted molar refractivity (Wildman–Crippen MR) is 113 cm³/mol. The smallest absolute Gasteiger partial charge is 0.258 e. The zero-order valence-corrected chi connectivity index (χ0v) is 17.3. The number of rotatable bonds is 6. The van der Waals surface area contributed by atoms with Gasteiger partial charge in [0.05, 0.1) is 0 Å². The molecule has 2 amide bonds. The third kappa shape index (κ3) is 5.10. The summed E-state index contributed by atoms with van der Waals surface area (Å²) < 4.78 is 6.62. The molecular weight excluding hydrogens is 420 g/mol. The summed E-state index contributed by atoms with van der Waals surface area (Å²) in [5.41, 5.74) is 1.53. The molecule has 0 heterocycles. The first-order valence-electron chi connectivity index (χ1n) is 8.82. The van der Waals surface area contributed by atoms with Crippen molar-refractivity contribution in [3.05, 3.63) is 76.3 Å². The van der Waals surface area contributed by atoms with Gasteiger partial charge in [-0.2, -0.15) is 0 Å². The lowest BCUT2D eigenvalue weighted by Crippen LogP contribution is -2.28. The zero-order chi connectivity index (χ0) is 20.1. The van der Waals surface area contributed by atoms with Crippen molar-refractivity contribution in [1.29, 1.82) is 0 Å². The van der Waals surface area contributed by atoms with Gasteiger partial charge < -0.3 is 15.0 Å². The summed E-state index contributed by atoms with van der Waals surface area (Å²) in [7, 11) is 3.43. The van der Waals surface area contributed by atoms with Crippen LogP contribution in [0.15, 0.2) is 65.1 Å². The number of ether oxygens (including phenoxy) is 1. The van der Waals surface area contributed by atoms with Gasteiger partial charge in [-0.25, -0.2) is 0 Å². The maximum absolute atomic E-state index is 12.1. The number of nitrogens with one attached hydrogen (secondary N) is 1. The fraction of sp³-hybridized carbons (Fsp3) is 0.182. The van der Waals surface area contributed by atoms with Crippen LogP contribution in [0.2, 0.25) is 0 Å². The number of fused-ring (bicyclic) bond motifs is 1. The van der Waals surface area contributed by atoms with E-state index in [1.54, 1.807) is 26.2 Å². The first-order chi connectivity index (χ1) is 13.4. The summed E-state index contributed by atoms with van der Waals surface area (Å²) in [4.78, 5) is 25.5. The van der Waals surface area contributed by atoms with Crippen LogP contribution in [-0.2, 0) is 11.3 Å². The molecule has 0 fully saturated rings. The van der Waals surface area contributed by atoms with E-state index >= 15 is 0 Å². The van der Waals surface area contributed by atoms with E-state index in [2.05, 4.69) is 21.2 Å². The van der Waals surface area contributed by atoms with E-state index in [4.69, 9.17) is 4.74 Å². The van der Waals surface area contributed by atoms with E-state index in [0.717, 1.165) is 20.8 Å². The SMILES string of the molecule is CN(C)C(=O)c1ccc(CNC(=O)COc2ccc3cc(Br)ccc3c2)cc1. The molecule has 6 heteroatoms. The highest BCUT2D eigenvalue weighted by Gasteiger charge is 2.08. The summed E-state index contributed by atoms with van der Waals surface area (Å²) in [6.45, 7) is 0.323. The first kappa shape index (κ1) is 19.9. The molecule has 0 aliphatic carbocycles. The van der Waals surface area contributed by atoms with Gasteiger partial charge in [0.25, 0.3) is 11.8 Å². The van der Waals surface area contributed by atoms with Crippen LogP contribution in [0.25, 0.3) is 10.8 Å². The van der Waals surface area contributed by atoms with Crippen molar-refractivity contribution in [2.75, 3.05) is 20.7 Å². The summed E-state index contributed by atoms with van der Waals surface area (Å²) in [5.74, 6) is 0.396. The van der Waals surface area contributed by atoms with Crippen molar-refractivity contribution in [1.82, 2.24) is 10.2 Å². The van der Waals surface area contributed by atoms with E-state index in [9.17, 15) is 9.59 Å². The van der Waals surface area contributed by atoms with Crippen LogP contribution in [0, 0.1) is 0 Å². The average Bonchev–Trinajstić information content (AvgIpc) is 2.70. The van der Waals surface area contributed by atoms with Crippen LogP contribution in [0.3, 0.4) is 0 Å². The lowest BCUT2D eigenvalue weighted by molar-refractivity contribution is -0.123. The summed E-state index contributed by atoms with van der Waals surface area (Å²) >= 11 is 3.45. The molecule has 3 rings (SSSR count). The van der Waals surface area contributed by atoms with Crippen LogP contribution in [0.5, 0.6) is 5.75 Å². The summed E-state index contributed by atoms with van der Waals surface area (Å²) in [6, 6.07) is 18.9. The van der Waals surface area contributed by atoms with Gasteiger partial charge in [0.2, 0.25) is 0 Å². The number of halogens is 1. The standard InChI is InChI=1S/C22H21BrN2O3/c1-25(2)22(27)16-5-3-15(4-6-16)13-24-21(26)14-28-20-10-8-17-11-19(23)9-7-18(17)12-20/h3-12H,13-14H2,1-2H3,(H,24,26). The Morgan fingerprint density at radius 1 is 0.964 bits per heavy atom. The van der Waals surface area contributed by atoms with E-state index in [1.807, 2.05) is 48.5 Å². The van der Waals surface area contributed by atoms with Gasteiger partial charge in [-0.05, 0) is 52.7 Å². The number of hydrogen-bond donors (Lipinski definition) is 1. The number of hydrogen-bond acceptors (Lipinski definition) is 3. The minimum absolute atomic E-state index is 0.0493. The average molecular weight is 441 g/mol. The Morgan fingerprint density at radius 2 is 1.64 bits per heavy atom. The zero-order valence-electron chi connectivity index (χ0n) is 15.7. The molecule has 5 nitrogen and oxygen atoms in total. The normalized spacial score (nSPS) is 10.5. The molecule has 0 aliphatic rings. The van der Waals surface area contributed by atoms with E-state index < -0.39 is 0 Å². The van der Waals surface area contributed by atoms with Gasteiger partial charge in [-0.3, -0.25) is 9.59 Å². The second-order valence-electron chi connectivity index (χ2n) is 6.62. The van der Waals surface area contributed by atoms with Crippen LogP contribution < -0.4 is 10.1 Å². The Bertz CT molecular complexity index is 1000. The number of carbonyl (C=O) groups excluding carboxylic acids is 2. The third-order valence-corrected chi connectivity index (χ3v) is 4.73. The fourth-order valence-electron chi connectivity index (χ4n) is 2.71. The fourth-order valence-corrected chi connectivity index (χ4v) is 3.09. The predicted octanol–water partition coefficient (Wildman–Crippen LogP) is 4.00. The maximum atomic E-state index is 12.1. The molecular formula is C22H21BrN2O3. The summed E-state index contributed by atoms with van der Waals surface area (Å²) in [6.07, 6.45) is 0. The van der Waals surface area contributed by atoms with Crippen molar-refractivity contribution in [2.24, 2.45) is 0 Å². The highest BCUT2D eigenvalue weighted by Crippen LogP contribution is 2.24. The minimum atomic E-state index is -0.204. The molecule has 0 saturated heterocycles. The van der Waals surface area contributed by atoms with Crippen molar-refractivity contribution >= 4 is 38.5 Å². The van der Waals surface area contributed by atoms with Gasteiger partial charge >= 0.3 is 0 Å². The molecule has 1 N–H and O–H groups in total. The third-order valence-electron chi connectivity index (χ3n) is 4.24. The first-order valence-corrected chi connectivity index (χ1v) is 9.61. The number of amides is 2. The molecule has 0 unspecified atom stereocenters. The van der Waals surface area contributed by atoms with Crippen LogP contribution >= 0.6 is 15.9 Å². The largest absolute Gasteiger partial charge is 0.484 e. The van der Waals surface area contributed by atoms with Gasteiger partial charge in [0, 0.05) is 30.7 Å². The van der Waals surface area contributed by atoms with Crippen molar-refractivity contribution in [2.45, 2.75) is 6.54 Å². The molecule has 0 saturated carbocycles. The summed E-state index contributed by atoms with van der Waals surface area (Å²) in [5, 5.41) is 4.97. The molecule has 0 aliphatic heterocycles. The minimum Gasteiger partial charge on any atom is -0.484 e. The van der Waals surface area contributed by atoms with Gasteiger partial charge in [0.1, 0.15) is 5.75 Å². The number of carbonyl (C=O) groups is 2. The van der Waals surface area contributed by atoms with E-state index in [0.29, 0.717) is 17.9 Å². The van der Waals surface area contributed by atoms with Crippen LogP contribution in [0.4, 0.5) is 0 Å². The Balaban J connectivity index is 1.50. The van der Waals surface area contributed by atoms with Gasteiger partial charge in [-0.15, -0.1) is 0 Å². The van der Waals surface area contributed by atoms with Crippen LogP contribution in [-0.4, -0.2) is 37.4 Å². The van der Waals surface area contributed by atoms with E-state index in [-0.39, 0.29) is 18.4 Å². The Morgan fingerprint density at radius 3 is 2.36 bits per heavy atom. The number of benzene rings is 3. The Kier molecular flexibility index (Phi) is 6.31. The molecule has 0 aromatic heterocycles. The Labute approximate surface area is 172 Å². The molecule has 28 heavy (non-hydrogen) atoms. The molecule has 3 aromatic rings. The highest BCUT2D eigenvalue weighted by atomic mass is 79.9. The van der Waals surface area contributed by atoms with Crippen molar-refractivity contribution in [3.8, 4) is 5.75 Å². The molecule has 0 radical (unpaired) electrons. The molecule has 0 spiro atoms. The lowest BCUT2D eigenvalue weighted by Gasteiger charge is -2.11. The van der Waals surface area contributed by atoms with Crippen LogP contribution in [0.1, 0.15) is 15.9 Å². The lowest BCUT2D eigenvalue weighted by atomic mass is 10.1. The van der Waals surface area contributed by atoms with E-state index in [1.165, 1.54) is 4.90 Å². The molecule has 0 atom stereocenters. The van der Waals surface area contributed by atoms with Gasteiger partial charge in [-0.1, -0.05) is 40.2 Å². The topological polar surface area (TPSA) is 58.6 Å². The second kappa shape index (κ2) is 8.89. The monoisotopic (exact) mass is 440 g/mol.